The molecule has 0 saturated carbocycles. The molecule has 1 aliphatic rings. The molecule has 1 aliphatic heterocycles. The first-order valence-electron chi connectivity index (χ1n) is 9.54. The van der Waals surface area contributed by atoms with E-state index >= 15 is 0 Å². The molecule has 0 radical (unpaired) electrons. The van der Waals surface area contributed by atoms with Gasteiger partial charge in [-0.05, 0) is 34.3 Å². The highest BCUT2D eigenvalue weighted by Gasteiger charge is 2.23. The molecule has 5 N–H and O–H groups in total. The number of nitrogens with zero attached hydrogens (tertiary/aromatic N) is 3. The molecule has 1 aromatic carbocycles. The van der Waals surface area contributed by atoms with Crippen LogP contribution in [0.2, 0.25) is 0 Å². The van der Waals surface area contributed by atoms with Gasteiger partial charge in [-0.15, -0.1) is 0 Å². The predicted octanol–water partition coefficient (Wildman–Crippen LogP) is 3.34. The van der Waals surface area contributed by atoms with E-state index in [9.17, 15) is 4.39 Å². The van der Waals surface area contributed by atoms with Crippen LogP contribution in [0.5, 0.6) is 5.75 Å². The summed E-state index contributed by atoms with van der Waals surface area (Å²) in [4.78, 5) is 10.7. The minimum absolute atomic E-state index is 0.0501. The molecule has 0 spiro atoms. The fourth-order valence-corrected chi connectivity index (χ4v) is 4.06. The number of halogens is 1. The molecule has 0 saturated heterocycles. The average Bonchev–Trinajstić information content (AvgIpc) is 3.05. The largest absolute Gasteiger partial charge is 0.488 e. The van der Waals surface area contributed by atoms with Crippen molar-refractivity contribution in [3.63, 3.8) is 0 Å². The van der Waals surface area contributed by atoms with E-state index in [-0.39, 0.29) is 31.6 Å². The maximum absolute atomic E-state index is 14.1. The van der Waals surface area contributed by atoms with Gasteiger partial charge in [0.1, 0.15) is 17.3 Å². The number of aryl methyl sites for hydroxylation is 1. The van der Waals surface area contributed by atoms with Crippen LogP contribution in [0.4, 0.5) is 10.1 Å². The third-order valence-electron chi connectivity index (χ3n) is 4.45. The van der Waals surface area contributed by atoms with Crippen molar-refractivity contribution in [1.29, 1.82) is 5.41 Å². The Morgan fingerprint density at radius 3 is 2.93 bits per heavy atom. The lowest BCUT2D eigenvalue weighted by atomic mass is 10.1. The highest BCUT2D eigenvalue weighted by molar-refractivity contribution is 7.62. The standard InChI is InChI=1S/C20H26FN6O2P/c1-11(2)28-18-6-13(15(23)7-14(18)21)20(24)30-9-19(25-10-22)27-5-4-17-16(8-27)26-12(3)29-17/h6-7,9-11,24,30H,4-5,8,23H2,1-3H3,(H2,22,25)/b19-9+,24-20?. The van der Waals surface area contributed by atoms with Crippen molar-refractivity contribution in [2.45, 2.75) is 39.8 Å². The van der Waals surface area contributed by atoms with E-state index in [0.717, 1.165) is 17.9 Å². The predicted molar refractivity (Wildman–Crippen MR) is 118 cm³/mol. The molecule has 2 aromatic rings. The molecule has 0 bridgehead atoms. The molecule has 0 aliphatic carbocycles. The summed E-state index contributed by atoms with van der Waals surface area (Å²) in [6.07, 6.45) is 1.75. The Balaban J connectivity index is 1.79. The van der Waals surface area contributed by atoms with Gasteiger partial charge in [0, 0.05) is 37.2 Å². The van der Waals surface area contributed by atoms with Crippen LogP contribution in [0.1, 0.15) is 36.8 Å². The second kappa shape index (κ2) is 9.26. The first kappa shape index (κ1) is 21.8. The average molecular weight is 432 g/mol. The summed E-state index contributed by atoms with van der Waals surface area (Å²) in [5.74, 6) is 3.55. The number of nitrogens with two attached hydrogens (primary N) is 2. The van der Waals surface area contributed by atoms with Gasteiger partial charge in [0.25, 0.3) is 0 Å². The van der Waals surface area contributed by atoms with Crippen LogP contribution in [0.15, 0.2) is 33.2 Å². The first-order chi connectivity index (χ1) is 14.3. The molecule has 1 aromatic heterocycles. The van der Waals surface area contributed by atoms with E-state index in [2.05, 4.69) is 9.98 Å². The van der Waals surface area contributed by atoms with Gasteiger partial charge in [-0.25, -0.2) is 14.4 Å². The molecule has 1 unspecified atom stereocenters. The molecule has 0 amide bonds. The van der Waals surface area contributed by atoms with E-state index < -0.39 is 5.82 Å². The molecule has 1 atom stereocenters. The molecule has 2 heterocycles. The van der Waals surface area contributed by atoms with Crippen molar-refractivity contribution in [1.82, 2.24) is 9.88 Å². The number of aliphatic imine (C=N–C) groups is 1. The summed E-state index contributed by atoms with van der Waals surface area (Å²) < 4.78 is 25.2. The number of hydrogen-bond donors (Lipinski definition) is 3. The molecular weight excluding hydrogens is 406 g/mol. The molecule has 3 rings (SSSR count). The van der Waals surface area contributed by atoms with Crippen molar-refractivity contribution in [2.24, 2.45) is 10.7 Å². The topological polar surface area (TPSA) is 127 Å². The Hall–Kier alpha value is -2.93. The zero-order valence-electron chi connectivity index (χ0n) is 17.2. The second-order valence-electron chi connectivity index (χ2n) is 7.11. The second-order valence-corrected chi connectivity index (χ2v) is 8.19. The summed E-state index contributed by atoms with van der Waals surface area (Å²) >= 11 is 0. The highest BCUT2D eigenvalue weighted by atomic mass is 31.1. The van der Waals surface area contributed by atoms with E-state index in [1.807, 2.05) is 31.5 Å². The maximum Gasteiger partial charge on any atom is 0.191 e. The van der Waals surface area contributed by atoms with Gasteiger partial charge in [-0.1, -0.05) is 0 Å². The lowest BCUT2D eigenvalue weighted by Crippen LogP contribution is -2.29. The van der Waals surface area contributed by atoms with E-state index in [4.69, 9.17) is 26.0 Å². The van der Waals surface area contributed by atoms with Crippen LogP contribution >= 0.6 is 8.58 Å². The maximum atomic E-state index is 14.1. The summed E-state index contributed by atoms with van der Waals surface area (Å²) in [5, 5.41) is 8.46. The quantitative estimate of drug-likeness (QED) is 0.267. The number of nitrogen functional groups attached to an aromatic ring is 1. The van der Waals surface area contributed by atoms with Crippen LogP contribution in [-0.2, 0) is 13.0 Å². The lowest BCUT2D eigenvalue weighted by molar-refractivity contribution is 0.231. The summed E-state index contributed by atoms with van der Waals surface area (Å²) in [6, 6.07) is 2.67. The lowest BCUT2D eigenvalue weighted by Gasteiger charge is -2.27. The number of benzene rings is 1. The molecule has 160 valence electrons. The van der Waals surface area contributed by atoms with Crippen LogP contribution in [-0.4, -0.2) is 34.3 Å². The normalized spacial score (nSPS) is 14.8. The van der Waals surface area contributed by atoms with Gasteiger partial charge >= 0.3 is 0 Å². The van der Waals surface area contributed by atoms with E-state index in [0.29, 0.717) is 30.4 Å². The fraction of sp³-hybridized carbons (Fsp3) is 0.350. The Morgan fingerprint density at radius 1 is 1.47 bits per heavy atom. The zero-order valence-corrected chi connectivity index (χ0v) is 18.2. The van der Waals surface area contributed by atoms with Gasteiger partial charge in [0.15, 0.2) is 17.5 Å². The number of oxazole rings is 1. The molecule has 10 heteroatoms. The van der Waals surface area contributed by atoms with Crippen molar-refractivity contribution >= 4 is 26.1 Å². The number of aromatic nitrogens is 1. The van der Waals surface area contributed by atoms with Crippen molar-refractivity contribution in [3.8, 4) is 5.75 Å². The van der Waals surface area contributed by atoms with Gasteiger partial charge < -0.3 is 25.5 Å². The summed E-state index contributed by atoms with van der Waals surface area (Å²) in [7, 11) is -0.0501. The first-order valence-corrected chi connectivity index (χ1v) is 10.6. The number of nitrogens with one attached hydrogen (secondary N) is 1. The third kappa shape index (κ3) is 4.97. The SMILES string of the molecule is Cc1nc2c(o1)CCN(C(=C/PC(=N)c1cc(OC(C)C)c(F)cc1N)/N=C\N)C2. The monoisotopic (exact) mass is 432 g/mol. The Morgan fingerprint density at radius 2 is 2.23 bits per heavy atom. The van der Waals surface area contributed by atoms with Crippen LogP contribution < -0.4 is 16.2 Å². The highest BCUT2D eigenvalue weighted by Crippen LogP contribution is 2.32. The molecule has 30 heavy (non-hydrogen) atoms. The van der Waals surface area contributed by atoms with Gasteiger partial charge in [0.2, 0.25) is 0 Å². The van der Waals surface area contributed by atoms with E-state index in [1.54, 1.807) is 0 Å². The number of hydrogen-bond acceptors (Lipinski definition) is 7. The number of rotatable bonds is 7. The zero-order chi connectivity index (χ0) is 21.8. The van der Waals surface area contributed by atoms with Crippen LogP contribution in [0.25, 0.3) is 0 Å². The van der Waals surface area contributed by atoms with E-state index in [1.165, 1.54) is 18.5 Å². The third-order valence-corrected chi connectivity index (χ3v) is 5.41. The summed E-state index contributed by atoms with van der Waals surface area (Å²) in [5.41, 5.74) is 13.3. The number of anilines is 1. The van der Waals surface area contributed by atoms with Gasteiger partial charge in [-0.2, -0.15) is 0 Å². The van der Waals surface area contributed by atoms with Gasteiger partial charge in [0.05, 0.1) is 24.4 Å². The van der Waals surface area contributed by atoms with Crippen molar-refractivity contribution in [2.75, 3.05) is 12.3 Å². The number of ether oxygens (including phenoxy) is 1. The molecule has 0 fully saturated rings. The minimum atomic E-state index is -0.544. The Labute approximate surface area is 176 Å². The fourth-order valence-electron chi connectivity index (χ4n) is 3.15. The Bertz CT molecular complexity index is 1000. The smallest absolute Gasteiger partial charge is 0.191 e. The minimum Gasteiger partial charge on any atom is -0.488 e. The van der Waals surface area contributed by atoms with Crippen molar-refractivity contribution < 1.29 is 13.5 Å². The van der Waals surface area contributed by atoms with Crippen LogP contribution in [0, 0.1) is 18.2 Å². The molecule has 8 nitrogen and oxygen atoms in total. The Kier molecular flexibility index (Phi) is 6.72. The van der Waals surface area contributed by atoms with Crippen LogP contribution in [0.3, 0.4) is 0 Å². The summed E-state index contributed by atoms with van der Waals surface area (Å²) in [6.45, 7) is 6.70. The molecular formula is C20H26FN6O2P. The van der Waals surface area contributed by atoms with Gasteiger partial charge in [-0.3, -0.25) is 5.41 Å². The van der Waals surface area contributed by atoms with Crippen molar-refractivity contribution in [3.05, 3.63) is 52.5 Å². The number of fused-ring (bicyclic) bond motifs is 1.